The van der Waals surface area contributed by atoms with Crippen molar-refractivity contribution in [2.75, 3.05) is 9.80 Å². The molecule has 0 amide bonds. The van der Waals surface area contributed by atoms with Crippen LogP contribution in [0.1, 0.15) is 141 Å². The van der Waals surface area contributed by atoms with Crippen molar-refractivity contribution in [3.63, 3.8) is 0 Å². The van der Waals surface area contributed by atoms with Crippen LogP contribution in [-0.2, 0) is 10.8 Å². The van der Waals surface area contributed by atoms with Gasteiger partial charge in [0.2, 0.25) is 0 Å². The molecule has 4 unspecified atom stereocenters. The van der Waals surface area contributed by atoms with Crippen LogP contribution in [0.25, 0.3) is 99.2 Å². The molecule has 3 aromatic heterocycles. The molecule has 0 saturated heterocycles. The van der Waals surface area contributed by atoms with Gasteiger partial charge in [-0.25, -0.2) is 0 Å². The van der Waals surface area contributed by atoms with E-state index >= 15 is 0 Å². The number of hydrogen-bond donors (Lipinski definition) is 0. The van der Waals surface area contributed by atoms with Crippen LogP contribution >= 0.6 is 0 Å². The first kappa shape index (κ1) is 50.9. The molecule has 6 heteroatoms. The normalized spacial score (nSPS) is 20.2. The van der Waals surface area contributed by atoms with Gasteiger partial charge >= 0.3 is 0 Å². The molecule has 0 N–H and O–H groups in total. The Labute approximate surface area is 618 Å². The molecule has 5 aliphatic rings. The highest BCUT2D eigenvalue weighted by atomic mass is 16.3. The number of allylic oxidation sites excluding steroid dienone is 4. The third kappa shape index (κ3) is 9.92. The maximum atomic E-state index is 10.1. The quantitative estimate of drug-likeness (QED) is 0.112. The average molecular weight is 1340 g/mol. The lowest BCUT2D eigenvalue weighted by molar-refractivity contribution is 0.220. The molecule has 0 bridgehead atoms. The van der Waals surface area contributed by atoms with Gasteiger partial charge in [-0.2, -0.15) is 0 Å². The SMILES string of the molecule is [2H]c1c([2H])c([2H])c2c(c1[2H])c1c3c(ccc1n2-c1ccc2c(c1)N(C1C(C4CC=CCC4)=CC(C(C)(C)C)CC1C1=CCCCC1)c1cc(C(C)(C)C)cc4c1B2c1ccc(-n2c5c([2H])c([2H])c([2H])c([2H])c5c5c([2H])c([2H])c([2H])c([2H])c52)cc1N4c1c(-c2ccccc2)cc(C(C)(C)C)cc1-c1ccccc1)oc1ccccc13. The van der Waals surface area contributed by atoms with Gasteiger partial charge in [0.05, 0.1) is 50.2 Å². The molecule has 11 aromatic carbocycles. The van der Waals surface area contributed by atoms with E-state index in [0.717, 1.165) is 140 Å². The van der Waals surface area contributed by atoms with Gasteiger partial charge in [-0.1, -0.05) is 238 Å². The Morgan fingerprint density at radius 3 is 1.72 bits per heavy atom. The summed E-state index contributed by atoms with van der Waals surface area (Å²) in [5.74, 6) is 0.487. The summed E-state index contributed by atoms with van der Waals surface area (Å²) < 4.78 is 125. The Kier molecular flexibility index (Phi) is 11.8. The Bertz CT molecular complexity index is 6450. The van der Waals surface area contributed by atoms with E-state index in [1.807, 2.05) is 42.5 Å². The number of benzene rings is 11. The van der Waals surface area contributed by atoms with Crippen LogP contribution in [0.2, 0.25) is 0 Å². The molecule has 0 saturated carbocycles. The number of furan rings is 1. The van der Waals surface area contributed by atoms with Gasteiger partial charge in [0.15, 0.2) is 0 Å². The third-order valence-corrected chi connectivity index (χ3v) is 23.3. The summed E-state index contributed by atoms with van der Waals surface area (Å²) in [6, 6.07) is 50.9. The Morgan fingerprint density at radius 2 is 1.09 bits per heavy atom. The Morgan fingerprint density at radius 1 is 0.500 bits per heavy atom. The molecular formula is C96H89BN4O. The minimum absolute atomic E-state index is 0.00663. The predicted molar refractivity (Wildman–Crippen MR) is 435 cm³/mol. The van der Waals surface area contributed by atoms with Crippen LogP contribution in [0.15, 0.2) is 270 Å². The van der Waals surface area contributed by atoms with Crippen molar-refractivity contribution in [2.24, 2.45) is 23.2 Å². The lowest BCUT2D eigenvalue weighted by Crippen LogP contribution is -2.64. The molecule has 5 heterocycles. The van der Waals surface area contributed by atoms with Crippen LogP contribution in [0.3, 0.4) is 0 Å². The Hall–Kier alpha value is -10.3. The molecule has 502 valence electrons. The molecule has 4 atom stereocenters. The largest absolute Gasteiger partial charge is 0.456 e. The zero-order valence-corrected chi connectivity index (χ0v) is 59.6. The molecular weight excluding hydrogens is 1240 g/mol. The summed E-state index contributed by atoms with van der Waals surface area (Å²) in [6.07, 6.45) is 18.0. The maximum Gasteiger partial charge on any atom is 0.252 e. The van der Waals surface area contributed by atoms with Crippen molar-refractivity contribution in [3.8, 4) is 33.6 Å². The highest BCUT2D eigenvalue weighted by Crippen LogP contribution is 2.56. The molecule has 14 aromatic rings. The smallest absolute Gasteiger partial charge is 0.252 e. The number of rotatable bonds is 8. The molecule has 3 aliphatic carbocycles. The van der Waals surface area contributed by atoms with Crippen LogP contribution in [0.5, 0.6) is 0 Å². The van der Waals surface area contributed by atoms with Crippen LogP contribution in [0.4, 0.5) is 28.4 Å². The van der Waals surface area contributed by atoms with Crippen molar-refractivity contribution in [2.45, 2.75) is 131 Å². The van der Waals surface area contributed by atoms with Gasteiger partial charge < -0.3 is 23.4 Å². The zero-order chi connectivity index (χ0) is 79.5. The minimum atomic E-state index is -0.553. The summed E-state index contributed by atoms with van der Waals surface area (Å²) in [6.45, 7) is 20.3. The maximum absolute atomic E-state index is 10.1. The second kappa shape index (κ2) is 23.6. The predicted octanol–water partition coefficient (Wildman–Crippen LogP) is 24.3. The summed E-state index contributed by atoms with van der Waals surface area (Å²) >= 11 is 0. The first-order chi connectivity index (χ1) is 54.5. The summed E-state index contributed by atoms with van der Waals surface area (Å²) in [5, 5.41) is 2.67. The molecule has 102 heavy (non-hydrogen) atoms. The second-order valence-corrected chi connectivity index (χ2v) is 32.4. The van der Waals surface area contributed by atoms with E-state index in [1.54, 1.807) is 4.57 Å². The number of aromatic nitrogens is 2. The zero-order valence-electron chi connectivity index (χ0n) is 71.6. The van der Waals surface area contributed by atoms with Crippen LogP contribution in [-0.4, -0.2) is 21.9 Å². The number of nitrogens with zero attached hydrogens (tertiary/aromatic N) is 4. The van der Waals surface area contributed by atoms with Gasteiger partial charge in [-0.05, 0) is 209 Å². The fraction of sp³-hybridized carbons (Fsp3) is 0.250. The van der Waals surface area contributed by atoms with Gasteiger partial charge in [0.1, 0.15) is 11.2 Å². The summed E-state index contributed by atoms with van der Waals surface area (Å²) in [5.41, 5.74) is 19.1. The van der Waals surface area contributed by atoms with Gasteiger partial charge in [0, 0.05) is 83.5 Å². The van der Waals surface area contributed by atoms with Gasteiger partial charge in [0.25, 0.3) is 6.71 Å². The van der Waals surface area contributed by atoms with E-state index in [0.29, 0.717) is 44.3 Å². The van der Waals surface area contributed by atoms with E-state index in [-0.39, 0.29) is 92.7 Å². The summed E-state index contributed by atoms with van der Waals surface area (Å²) in [7, 11) is 0. The molecule has 5 nitrogen and oxygen atoms in total. The second-order valence-electron chi connectivity index (χ2n) is 32.4. The Balaban J connectivity index is 1.01. The third-order valence-electron chi connectivity index (χ3n) is 23.3. The van der Waals surface area contributed by atoms with Gasteiger partial charge in [-0.3, -0.25) is 0 Å². The van der Waals surface area contributed by atoms with Crippen molar-refractivity contribution in [1.29, 1.82) is 0 Å². The molecule has 0 radical (unpaired) electrons. The van der Waals surface area contributed by atoms with E-state index in [1.165, 1.54) is 11.1 Å². The number of para-hydroxylation sites is 4. The van der Waals surface area contributed by atoms with E-state index in [4.69, 9.17) is 7.16 Å². The highest BCUT2D eigenvalue weighted by Gasteiger charge is 2.51. The number of anilines is 5. The van der Waals surface area contributed by atoms with E-state index in [9.17, 15) is 13.7 Å². The first-order valence-electron chi connectivity index (χ1n) is 42.8. The number of hydrogen-bond acceptors (Lipinski definition) is 3. The fourth-order valence-corrected chi connectivity index (χ4v) is 18.2. The van der Waals surface area contributed by atoms with Crippen molar-refractivity contribution in [3.05, 3.63) is 277 Å². The molecule has 0 spiro atoms. The first-order valence-corrected chi connectivity index (χ1v) is 36.8. The van der Waals surface area contributed by atoms with E-state index < -0.39 is 48.4 Å². The van der Waals surface area contributed by atoms with Crippen molar-refractivity contribution in [1.82, 2.24) is 9.13 Å². The lowest BCUT2D eigenvalue weighted by atomic mass is 9.33. The standard InChI is InChI=1S/C96H89BN4O/c1-94(2,3)64-52-73(60-30-14-10-15-31-60)92(74(53-64)61-32-16-11-17-33-61)100-83-58-67(98-79-42-26-22-38-69(79)70-39-23-27-43-80(70)98)46-48-77(83)97-78-49-47-68(99-81-44-28-24-40-71(81)89-82(99)50-51-88-90(89)72-41-25-29-45-87(72)102-88)59-84(78)101(86-57-66(96(7,8)9)56-85(100)91(86)97)93-75(62-34-18-12-19-35-62)54-65(95(4,5)6)55-76(93)63-36-20-13-21-37-63/h10-12,14-18,22-33,36,38-54,56-59,62,65,76,93H,13,19-21,34-35,37,55H2,1-9H3/i22D,23D,24D,26D,27D,28D,38D,39D,40D,42D,43D,44D. The molecule has 19 rings (SSSR count). The summed E-state index contributed by atoms with van der Waals surface area (Å²) in [4.78, 5) is 5.25. The topological polar surface area (TPSA) is 29.5 Å². The highest BCUT2D eigenvalue weighted by molar-refractivity contribution is 7.00. The monoisotopic (exact) mass is 1340 g/mol. The van der Waals surface area contributed by atoms with Crippen molar-refractivity contribution >= 4 is 117 Å². The van der Waals surface area contributed by atoms with Gasteiger partial charge in [-0.15, -0.1) is 0 Å². The van der Waals surface area contributed by atoms with Crippen LogP contribution in [0, 0.1) is 23.2 Å². The lowest BCUT2D eigenvalue weighted by Gasteiger charge is -2.53. The van der Waals surface area contributed by atoms with Crippen molar-refractivity contribution < 1.29 is 20.9 Å². The molecule has 2 aliphatic heterocycles. The minimum Gasteiger partial charge on any atom is -0.456 e. The molecule has 0 fully saturated rings. The number of fused-ring (bicyclic) bond motifs is 14. The van der Waals surface area contributed by atoms with E-state index in [2.05, 4.69) is 216 Å². The fourth-order valence-electron chi connectivity index (χ4n) is 18.2. The average Bonchev–Trinajstić information content (AvgIpc) is 0.944. The van der Waals surface area contributed by atoms with Crippen LogP contribution < -0.4 is 26.2 Å².